The molecule has 0 aromatic carbocycles. The van der Waals surface area contributed by atoms with Gasteiger partial charge in [0.2, 0.25) is 0 Å². The molecule has 0 aliphatic carbocycles. The van der Waals surface area contributed by atoms with Gasteiger partial charge in [-0.25, -0.2) is 0 Å². The number of hydrogen-bond acceptors (Lipinski definition) is 1. The Balaban J connectivity index is 4.03. The molecule has 2 heteroatoms. The number of allylic oxidation sites excluding steroid dienone is 7. The summed E-state index contributed by atoms with van der Waals surface area (Å²) >= 11 is 5.70. The SMILES string of the molecule is C=C\C=C(Cl)/C=C/C=C(/C)N. The molecule has 0 heterocycles. The maximum atomic E-state index is 5.70. The van der Waals surface area contributed by atoms with Crippen molar-refractivity contribution in [3.63, 3.8) is 0 Å². The molecule has 0 atom stereocenters. The normalized spacial score (nSPS) is 14.0. The fourth-order valence-corrected chi connectivity index (χ4v) is 0.622. The van der Waals surface area contributed by atoms with E-state index in [4.69, 9.17) is 17.3 Å². The van der Waals surface area contributed by atoms with Crippen LogP contribution in [-0.4, -0.2) is 0 Å². The van der Waals surface area contributed by atoms with E-state index in [1.807, 2.05) is 6.92 Å². The third kappa shape index (κ3) is 6.94. The molecule has 0 radical (unpaired) electrons. The first kappa shape index (κ1) is 10.0. The molecule has 0 spiro atoms. The average Bonchev–Trinajstić information content (AvgIpc) is 1.87. The smallest absolute Gasteiger partial charge is 0.0405 e. The van der Waals surface area contributed by atoms with Crippen LogP contribution in [0, 0.1) is 0 Å². The molecule has 0 aliphatic heterocycles. The van der Waals surface area contributed by atoms with Gasteiger partial charge in [0.15, 0.2) is 0 Å². The van der Waals surface area contributed by atoms with Crippen LogP contribution < -0.4 is 5.73 Å². The topological polar surface area (TPSA) is 26.0 Å². The van der Waals surface area contributed by atoms with Crippen molar-refractivity contribution in [2.75, 3.05) is 0 Å². The Bertz CT molecular complexity index is 208. The van der Waals surface area contributed by atoms with Gasteiger partial charge >= 0.3 is 0 Å². The minimum absolute atomic E-state index is 0.637. The molecular weight excluding hydrogens is 158 g/mol. The highest BCUT2D eigenvalue weighted by atomic mass is 35.5. The largest absolute Gasteiger partial charge is 0.402 e. The second-order valence-electron chi connectivity index (χ2n) is 2.06. The van der Waals surface area contributed by atoms with Crippen LogP contribution in [0.3, 0.4) is 0 Å². The summed E-state index contributed by atoms with van der Waals surface area (Å²) in [7, 11) is 0. The fraction of sp³-hybridized carbons (Fsp3) is 0.111. The van der Waals surface area contributed by atoms with Crippen molar-refractivity contribution < 1.29 is 0 Å². The van der Waals surface area contributed by atoms with Gasteiger partial charge in [-0.1, -0.05) is 30.3 Å². The highest BCUT2D eigenvalue weighted by molar-refractivity contribution is 6.31. The van der Waals surface area contributed by atoms with Crippen LogP contribution in [0.5, 0.6) is 0 Å². The van der Waals surface area contributed by atoms with E-state index in [9.17, 15) is 0 Å². The Morgan fingerprint density at radius 3 is 2.55 bits per heavy atom. The van der Waals surface area contributed by atoms with Gasteiger partial charge in [0.05, 0.1) is 0 Å². The first-order chi connectivity index (χ1) is 5.16. The van der Waals surface area contributed by atoms with Crippen molar-refractivity contribution >= 4 is 11.6 Å². The fourth-order valence-electron chi connectivity index (χ4n) is 0.460. The predicted molar refractivity (Wildman–Crippen MR) is 51.2 cm³/mol. The Morgan fingerprint density at radius 2 is 2.09 bits per heavy atom. The molecule has 60 valence electrons. The summed E-state index contributed by atoms with van der Waals surface area (Å²) in [6.07, 6.45) is 8.65. The van der Waals surface area contributed by atoms with Crippen LogP contribution in [0.1, 0.15) is 6.92 Å². The maximum Gasteiger partial charge on any atom is 0.0405 e. The molecule has 0 saturated heterocycles. The Hall–Kier alpha value is -0.950. The Labute approximate surface area is 72.5 Å². The zero-order valence-electron chi connectivity index (χ0n) is 6.55. The standard InChI is InChI=1S/C9H12ClN/c1-3-5-9(10)7-4-6-8(2)11/h3-7H,1,11H2,2H3/b7-4+,8-6-,9-5+. The zero-order valence-corrected chi connectivity index (χ0v) is 7.31. The van der Waals surface area contributed by atoms with E-state index in [1.54, 1.807) is 30.4 Å². The number of hydrogen-bond donors (Lipinski definition) is 1. The second-order valence-corrected chi connectivity index (χ2v) is 2.49. The van der Waals surface area contributed by atoms with Crippen molar-refractivity contribution in [2.24, 2.45) is 5.73 Å². The molecule has 0 bridgehead atoms. The molecule has 0 amide bonds. The monoisotopic (exact) mass is 169 g/mol. The van der Waals surface area contributed by atoms with Crippen LogP contribution in [-0.2, 0) is 0 Å². The molecule has 2 N–H and O–H groups in total. The number of halogens is 1. The van der Waals surface area contributed by atoms with Crippen LogP contribution in [0.4, 0.5) is 0 Å². The summed E-state index contributed by atoms with van der Waals surface area (Å²) in [6, 6.07) is 0. The summed E-state index contributed by atoms with van der Waals surface area (Å²) in [5.41, 5.74) is 6.13. The molecule has 11 heavy (non-hydrogen) atoms. The lowest BCUT2D eigenvalue weighted by Crippen LogP contribution is -1.87. The molecule has 0 saturated carbocycles. The molecule has 0 aliphatic rings. The summed E-state index contributed by atoms with van der Waals surface area (Å²) in [5.74, 6) is 0. The van der Waals surface area contributed by atoms with Gasteiger partial charge in [0.25, 0.3) is 0 Å². The third-order valence-electron chi connectivity index (χ3n) is 0.892. The Kier molecular flexibility index (Phi) is 5.30. The lowest BCUT2D eigenvalue weighted by Gasteiger charge is -1.84. The van der Waals surface area contributed by atoms with Crippen LogP contribution in [0.25, 0.3) is 0 Å². The lowest BCUT2D eigenvalue weighted by atomic mass is 10.4. The first-order valence-corrected chi connectivity index (χ1v) is 3.63. The number of rotatable bonds is 3. The molecule has 0 aromatic rings. The molecule has 1 nitrogen and oxygen atoms in total. The van der Waals surface area contributed by atoms with E-state index >= 15 is 0 Å². The molecule has 0 fully saturated rings. The summed E-state index contributed by atoms with van der Waals surface area (Å²) in [6.45, 7) is 5.32. The van der Waals surface area contributed by atoms with Gasteiger partial charge in [-0.2, -0.15) is 0 Å². The van der Waals surface area contributed by atoms with Crippen LogP contribution in [0.2, 0.25) is 0 Å². The highest BCUT2D eigenvalue weighted by Crippen LogP contribution is 2.02. The van der Waals surface area contributed by atoms with Crippen molar-refractivity contribution in [1.82, 2.24) is 0 Å². The lowest BCUT2D eigenvalue weighted by molar-refractivity contribution is 1.32. The summed E-state index contributed by atoms with van der Waals surface area (Å²) < 4.78 is 0. The highest BCUT2D eigenvalue weighted by Gasteiger charge is 1.78. The first-order valence-electron chi connectivity index (χ1n) is 3.25. The predicted octanol–water partition coefficient (Wildman–Crippen LogP) is 2.71. The van der Waals surface area contributed by atoms with E-state index in [2.05, 4.69) is 6.58 Å². The quantitative estimate of drug-likeness (QED) is 0.646. The van der Waals surface area contributed by atoms with Crippen molar-refractivity contribution in [1.29, 1.82) is 0 Å². The second kappa shape index (κ2) is 5.81. The van der Waals surface area contributed by atoms with Crippen molar-refractivity contribution in [3.8, 4) is 0 Å². The summed E-state index contributed by atoms with van der Waals surface area (Å²) in [5, 5.41) is 0.637. The van der Waals surface area contributed by atoms with Crippen LogP contribution in [0.15, 0.2) is 47.7 Å². The van der Waals surface area contributed by atoms with Gasteiger partial charge in [0.1, 0.15) is 0 Å². The van der Waals surface area contributed by atoms with Crippen LogP contribution >= 0.6 is 11.6 Å². The van der Waals surface area contributed by atoms with E-state index in [1.165, 1.54) is 0 Å². The zero-order chi connectivity index (χ0) is 8.69. The van der Waals surface area contributed by atoms with Gasteiger partial charge < -0.3 is 5.73 Å². The average molecular weight is 170 g/mol. The van der Waals surface area contributed by atoms with E-state index < -0.39 is 0 Å². The molecular formula is C9H12ClN. The van der Waals surface area contributed by atoms with E-state index in [0.717, 1.165) is 5.70 Å². The van der Waals surface area contributed by atoms with E-state index in [0.29, 0.717) is 5.03 Å². The maximum absolute atomic E-state index is 5.70. The minimum Gasteiger partial charge on any atom is -0.402 e. The van der Waals surface area contributed by atoms with Gasteiger partial charge in [-0.05, 0) is 25.2 Å². The third-order valence-corrected chi connectivity index (χ3v) is 1.14. The van der Waals surface area contributed by atoms with Crippen molar-refractivity contribution in [2.45, 2.75) is 6.92 Å². The van der Waals surface area contributed by atoms with Gasteiger partial charge in [0, 0.05) is 10.7 Å². The summed E-state index contributed by atoms with van der Waals surface area (Å²) in [4.78, 5) is 0. The molecule has 0 aromatic heterocycles. The Morgan fingerprint density at radius 1 is 1.45 bits per heavy atom. The van der Waals surface area contributed by atoms with Crippen molar-refractivity contribution in [3.05, 3.63) is 47.7 Å². The molecule has 0 unspecified atom stereocenters. The van der Waals surface area contributed by atoms with Gasteiger partial charge in [-0.15, -0.1) is 0 Å². The molecule has 0 rings (SSSR count). The van der Waals surface area contributed by atoms with Gasteiger partial charge in [-0.3, -0.25) is 0 Å². The number of nitrogens with two attached hydrogens (primary N) is 1. The van der Waals surface area contributed by atoms with E-state index in [-0.39, 0.29) is 0 Å². The minimum atomic E-state index is 0.637.